The lowest BCUT2D eigenvalue weighted by molar-refractivity contribution is 0.243. The topological polar surface area (TPSA) is 133 Å². The van der Waals surface area contributed by atoms with Crippen molar-refractivity contribution in [3.8, 4) is 0 Å². The van der Waals surface area contributed by atoms with E-state index in [1.165, 1.54) is 62.1 Å². The van der Waals surface area contributed by atoms with E-state index < -0.39 is 20.2 Å². The van der Waals surface area contributed by atoms with Crippen molar-refractivity contribution in [2.24, 2.45) is 5.92 Å². The number of nitrogens with one attached hydrogen (secondary N) is 2. The lowest BCUT2D eigenvalue weighted by Crippen LogP contribution is -2.50. The van der Waals surface area contributed by atoms with Crippen molar-refractivity contribution >= 4 is 20.2 Å². The molecule has 10 heteroatoms. The van der Waals surface area contributed by atoms with Crippen molar-refractivity contribution in [3.05, 3.63) is 95.6 Å². The Kier molecular flexibility index (Phi) is 10.8. The van der Waals surface area contributed by atoms with Crippen LogP contribution in [0.4, 0.5) is 0 Å². The third-order valence-corrected chi connectivity index (χ3v) is 8.58. The Hall–Kier alpha value is -2.60. The van der Waals surface area contributed by atoms with Crippen molar-refractivity contribution in [1.29, 1.82) is 0 Å². The smallest absolute Gasteiger partial charge is 0.294 e. The Bertz CT molecular complexity index is 1310. The first-order valence-corrected chi connectivity index (χ1v) is 15.9. The molecule has 39 heavy (non-hydrogen) atoms. The molecule has 0 amide bonds. The molecular formula is C29H38N2O6S2. The van der Waals surface area contributed by atoms with Crippen molar-refractivity contribution in [1.82, 2.24) is 10.6 Å². The van der Waals surface area contributed by atoms with Gasteiger partial charge in [-0.25, -0.2) is 0 Å². The van der Waals surface area contributed by atoms with Crippen molar-refractivity contribution < 1.29 is 25.9 Å². The van der Waals surface area contributed by atoms with E-state index >= 15 is 0 Å². The summed E-state index contributed by atoms with van der Waals surface area (Å²) >= 11 is 0. The summed E-state index contributed by atoms with van der Waals surface area (Å²) < 4.78 is 59.1. The van der Waals surface area contributed by atoms with E-state index in [0.29, 0.717) is 0 Å². The summed E-state index contributed by atoms with van der Waals surface area (Å²) in [7, 11) is -8.04. The Labute approximate surface area is 232 Å². The van der Waals surface area contributed by atoms with Gasteiger partial charge < -0.3 is 10.6 Å². The number of aryl methyl sites for hydroxylation is 2. The summed E-state index contributed by atoms with van der Waals surface area (Å²) in [5, 5.41) is 7.35. The van der Waals surface area contributed by atoms with Crippen LogP contribution in [0.3, 0.4) is 0 Å². The molecule has 4 N–H and O–H groups in total. The molecule has 1 saturated carbocycles. The molecule has 0 aromatic heterocycles. The fraction of sp³-hybridized carbons (Fsp3) is 0.379. The maximum atomic E-state index is 10.5. The molecule has 3 aromatic carbocycles. The number of hydrogen-bond acceptors (Lipinski definition) is 6. The normalized spacial score (nSPS) is 16.7. The van der Waals surface area contributed by atoms with Crippen LogP contribution in [0.25, 0.3) is 0 Å². The maximum Gasteiger partial charge on any atom is 0.294 e. The van der Waals surface area contributed by atoms with Crippen molar-refractivity contribution in [3.63, 3.8) is 0 Å². The molecule has 0 bridgehead atoms. The lowest BCUT2D eigenvalue weighted by atomic mass is 9.81. The van der Waals surface area contributed by atoms with Crippen LogP contribution in [-0.2, 0) is 25.8 Å². The van der Waals surface area contributed by atoms with Gasteiger partial charge in [-0.15, -0.1) is 0 Å². The Balaban J connectivity index is 0.000000169. The summed E-state index contributed by atoms with van der Waals surface area (Å²) in [6, 6.07) is 23.0. The van der Waals surface area contributed by atoms with E-state index in [1.807, 2.05) is 13.8 Å². The van der Waals surface area contributed by atoms with E-state index in [0.717, 1.165) is 30.1 Å². The van der Waals surface area contributed by atoms with Crippen LogP contribution in [0.5, 0.6) is 0 Å². The number of rotatable bonds is 6. The van der Waals surface area contributed by atoms with Crippen LogP contribution in [0.1, 0.15) is 42.4 Å². The minimum atomic E-state index is -4.02. The second kappa shape index (κ2) is 13.6. The fourth-order valence-corrected chi connectivity index (χ4v) is 5.22. The molecule has 3 aromatic rings. The van der Waals surface area contributed by atoms with Gasteiger partial charge in [0.2, 0.25) is 0 Å². The van der Waals surface area contributed by atoms with Crippen molar-refractivity contribution in [2.45, 2.75) is 54.9 Å². The SMILES string of the molecule is Cc1ccc(S(=O)(=O)O)cc1.Cc1ccc(S(=O)(=O)O)cc1.c1ccc(C2(NCC3CC3)CCNCC2)cc1. The zero-order chi connectivity index (χ0) is 28.5. The standard InChI is InChI=1S/C15H22N2.2C7H8O3S/c1-2-4-14(5-3-1)15(8-10-16-11-9-15)17-12-13-6-7-13;2*1-6-2-4-7(5-3-6)11(8,9)10/h1-5,13,16-17H,6-12H2;2*2-5H,1H3,(H,8,9,10). The summed E-state index contributed by atoms with van der Waals surface area (Å²) in [5.41, 5.74) is 3.62. The van der Waals surface area contributed by atoms with Gasteiger partial charge in [0.1, 0.15) is 0 Å². The highest BCUT2D eigenvalue weighted by molar-refractivity contribution is 7.86. The van der Waals surface area contributed by atoms with Crippen LogP contribution < -0.4 is 10.6 Å². The first-order valence-electron chi connectivity index (χ1n) is 13.0. The molecule has 1 aliphatic heterocycles. The molecule has 8 nitrogen and oxygen atoms in total. The molecule has 0 spiro atoms. The third-order valence-electron chi connectivity index (χ3n) is 6.85. The van der Waals surface area contributed by atoms with Gasteiger partial charge in [0.05, 0.1) is 9.79 Å². The lowest BCUT2D eigenvalue weighted by Gasteiger charge is -2.39. The van der Waals surface area contributed by atoms with Gasteiger partial charge >= 0.3 is 0 Å². The van der Waals surface area contributed by atoms with Crippen LogP contribution in [0.2, 0.25) is 0 Å². The van der Waals surface area contributed by atoms with Crippen LogP contribution in [-0.4, -0.2) is 45.6 Å². The predicted octanol–water partition coefficient (Wildman–Crippen LogP) is 4.75. The molecule has 2 aliphatic rings. The number of piperidine rings is 1. The highest BCUT2D eigenvalue weighted by Crippen LogP contribution is 2.34. The summed E-state index contributed by atoms with van der Waals surface area (Å²) in [5.74, 6) is 0.950. The Morgan fingerprint density at radius 3 is 1.56 bits per heavy atom. The van der Waals surface area contributed by atoms with Gasteiger partial charge in [0.25, 0.3) is 20.2 Å². The van der Waals surface area contributed by atoms with Crippen LogP contribution in [0.15, 0.2) is 88.7 Å². The quantitative estimate of drug-likeness (QED) is 0.310. The molecule has 1 heterocycles. The van der Waals surface area contributed by atoms with E-state index in [9.17, 15) is 16.8 Å². The highest BCUT2D eigenvalue weighted by Gasteiger charge is 2.35. The third kappa shape index (κ3) is 10.1. The molecular weight excluding hydrogens is 536 g/mol. The monoisotopic (exact) mass is 574 g/mol. The second-order valence-corrected chi connectivity index (χ2v) is 12.9. The summed E-state index contributed by atoms with van der Waals surface area (Å²) in [6.07, 6.45) is 5.28. The Morgan fingerprint density at radius 2 is 1.18 bits per heavy atom. The van der Waals surface area contributed by atoms with Gasteiger partial charge in [0.15, 0.2) is 0 Å². The van der Waals surface area contributed by atoms with Crippen LogP contribution >= 0.6 is 0 Å². The molecule has 0 radical (unpaired) electrons. The molecule has 1 aliphatic carbocycles. The zero-order valence-corrected chi connectivity index (χ0v) is 24.0. The first kappa shape index (κ1) is 30.9. The van der Waals surface area contributed by atoms with E-state index in [4.69, 9.17) is 9.11 Å². The van der Waals surface area contributed by atoms with Gasteiger partial charge in [-0.2, -0.15) is 16.8 Å². The first-order chi connectivity index (χ1) is 18.4. The predicted molar refractivity (Wildman–Crippen MR) is 153 cm³/mol. The van der Waals surface area contributed by atoms with Crippen molar-refractivity contribution in [2.75, 3.05) is 19.6 Å². The van der Waals surface area contributed by atoms with Gasteiger partial charge in [0, 0.05) is 5.54 Å². The van der Waals surface area contributed by atoms with E-state index in [-0.39, 0.29) is 15.3 Å². The van der Waals surface area contributed by atoms with Crippen LogP contribution in [0, 0.1) is 19.8 Å². The molecule has 0 unspecified atom stereocenters. The minimum Gasteiger partial charge on any atom is -0.317 e. The molecule has 2 fully saturated rings. The molecule has 0 atom stereocenters. The maximum absolute atomic E-state index is 10.5. The summed E-state index contributed by atoms with van der Waals surface area (Å²) in [4.78, 5) is -0.133. The highest BCUT2D eigenvalue weighted by atomic mass is 32.2. The largest absolute Gasteiger partial charge is 0.317 e. The fourth-order valence-electron chi connectivity index (χ4n) is 4.26. The molecule has 212 valence electrons. The molecule has 5 rings (SSSR count). The number of hydrogen-bond donors (Lipinski definition) is 4. The molecule has 1 saturated heterocycles. The van der Waals surface area contributed by atoms with Gasteiger partial charge in [-0.1, -0.05) is 65.7 Å². The van der Waals surface area contributed by atoms with Gasteiger partial charge in [-0.05, 0) is 94.9 Å². The zero-order valence-electron chi connectivity index (χ0n) is 22.4. The van der Waals surface area contributed by atoms with E-state index in [2.05, 4.69) is 41.0 Å². The van der Waals surface area contributed by atoms with E-state index in [1.54, 1.807) is 24.3 Å². The second-order valence-electron chi connectivity index (χ2n) is 10.1. The van der Waals surface area contributed by atoms with Gasteiger partial charge in [-0.3, -0.25) is 9.11 Å². The average Bonchev–Trinajstić information content (AvgIpc) is 3.74. The number of benzene rings is 3. The average molecular weight is 575 g/mol. The summed E-state index contributed by atoms with van der Waals surface area (Å²) in [6.45, 7) is 7.15. The Morgan fingerprint density at radius 1 is 0.744 bits per heavy atom. The minimum absolute atomic E-state index is 0.0666.